The summed E-state index contributed by atoms with van der Waals surface area (Å²) in [4.78, 5) is 13.9. The summed E-state index contributed by atoms with van der Waals surface area (Å²) in [5.74, 6) is 0.619. The molecular weight excluding hydrogens is 310 g/mol. The maximum absolute atomic E-state index is 12.0. The molecule has 0 radical (unpaired) electrons. The highest BCUT2D eigenvalue weighted by molar-refractivity contribution is 7.14. The van der Waals surface area contributed by atoms with Crippen LogP contribution in [0.4, 0.5) is 0 Å². The highest BCUT2D eigenvalue weighted by Crippen LogP contribution is 2.27. The van der Waals surface area contributed by atoms with Gasteiger partial charge in [0.1, 0.15) is 10.0 Å². The Balaban J connectivity index is 1.66. The third kappa shape index (κ3) is 3.95. The molecule has 6 heteroatoms. The SMILES string of the molecule is COCCN1CC(Cc2cccc(-c3nnc(C)s3)c2)CC1=O. The molecule has 0 aliphatic carbocycles. The number of hydrogen-bond donors (Lipinski definition) is 0. The largest absolute Gasteiger partial charge is 0.383 e. The number of rotatable bonds is 6. The number of aromatic nitrogens is 2. The molecule has 1 amide bonds. The molecule has 1 aliphatic rings. The van der Waals surface area contributed by atoms with Gasteiger partial charge in [0.2, 0.25) is 5.91 Å². The average molecular weight is 331 g/mol. The van der Waals surface area contributed by atoms with Crippen molar-refractivity contribution in [1.29, 1.82) is 0 Å². The van der Waals surface area contributed by atoms with Crippen LogP contribution in [0.1, 0.15) is 17.0 Å². The Morgan fingerprint density at radius 1 is 1.39 bits per heavy atom. The summed E-state index contributed by atoms with van der Waals surface area (Å²) >= 11 is 1.60. The maximum Gasteiger partial charge on any atom is 0.223 e. The zero-order valence-corrected chi connectivity index (χ0v) is 14.3. The van der Waals surface area contributed by atoms with Gasteiger partial charge in [-0.2, -0.15) is 0 Å². The maximum atomic E-state index is 12.0. The second-order valence-corrected chi connectivity index (χ2v) is 7.12. The van der Waals surface area contributed by atoms with Crippen molar-refractivity contribution >= 4 is 17.2 Å². The van der Waals surface area contributed by atoms with Crippen molar-refractivity contribution in [2.24, 2.45) is 5.92 Å². The summed E-state index contributed by atoms with van der Waals surface area (Å²) < 4.78 is 5.07. The summed E-state index contributed by atoms with van der Waals surface area (Å²) in [6, 6.07) is 8.41. The minimum Gasteiger partial charge on any atom is -0.383 e. The normalized spacial score (nSPS) is 17.9. The van der Waals surface area contributed by atoms with Gasteiger partial charge in [-0.25, -0.2) is 0 Å². The Bertz CT molecular complexity index is 686. The van der Waals surface area contributed by atoms with Crippen molar-refractivity contribution < 1.29 is 9.53 Å². The molecule has 1 aromatic heterocycles. The molecule has 23 heavy (non-hydrogen) atoms. The lowest BCUT2D eigenvalue weighted by Gasteiger charge is -2.16. The molecule has 0 spiro atoms. The summed E-state index contributed by atoms with van der Waals surface area (Å²) in [5.41, 5.74) is 2.36. The van der Waals surface area contributed by atoms with Gasteiger partial charge in [-0.15, -0.1) is 10.2 Å². The first-order chi connectivity index (χ1) is 11.2. The number of hydrogen-bond acceptors (Lipinski definition) is 5. The number of carbonyl (C=O) groups is 1. The first-order valence-corrected chi connectivity index (χ1v) is 8.63. The molecule has 1 unspecified atom stereocenters. The first kappa shape index (κ1) is 16.1. The molecule has 1 fully saturated rings. The summed E-state index contributed by atoms with van der Waals surface area (Å²) in [6.45, 7) is 4.08. The summed E-state index contributed by atoms with van der Waals surface area (Å²) in [6.07, 6.45) is 1.55. The minimum absolute atomic E-state index is 0.239. The van der Waals surface area contributed by atoms with Crippen LogP contribution >= 0.6 is 11.3 Å². The van der Waals surface area contributed by atoms with Gasteiger partial charge >= 0.3 is 0 Å². The highest BCUT2D eigenvalue weighted by atomic mass is 32.1. The third-order valence-corrected chi connectivity index (χ3v) is 4.97. The second-order valence-electron chi connectivity index (χ2n) is 5.93. The predicted molar refractivity (Wildman–Crippen MR) is 90.3 cm³/mol. The first-order valence-electron chi connectivity index (χ1n) is 7.82. The van der Waals surface area contributed by atoms with E-state index in [0.29, 0.717) is 25.5 Å². The number of likely N-dealkylation sites (tertiary alicyclic amines) is 1. The quantitative estimate of drug-likeness (QED) is 0.816. The lowest BCUT2D eigenvalue weighted by atomic mass is 9.97. The van der Waals surface area contributed by atoms with Gasteiger partial charge in [-0.05, 0) is 30.9 Å². The fraction of sp³-hybridized carbons (Fsp3) is 0.471. The highest BCUT2D eigenvalue weighted by Gasteiger charge is 2.29. The molecule has 122 valence electrons. The van der Waals surface area contributed by atoms with Crippen LogP contribution in [0.25, 0.3) is 10.6 Å². The van der Waals surface area contributed by atoms with Crippen LogP contribution in [-0.2, 0) is 16.0 Å². The number of aryl methyl sites for hydroxylation is 1. The molecule has 5 nitrogen and oxygen atoms in total. The molecule has 1 aromatic carbocycles. The van der Waals surface area contributed by atoms with Gasteiger partial charge in [0, 0.05) is 32.2 Å². The number of methoxy groups -OCH3 is 1. The number of benzene rings is 1. The van der Waals surface area contributed by atoms with Crippen LogP contribution in [0.3, 0.4) is 0 Å². The van der Waals surface area contributed by atoms with Crippen LogP contribution in [0.15, 0.2) is 24.3 Å². The number of ether oxygens (including phenoxy) is 1. The van der Waals surface area contributed by atoms with Gasteiger partial charge in [0.15, 0.2) is 0 Å². The molecule has 1 atom stereocenters. The molecule has 0 N–H and O–H groups in total. The zero-order valence-electron chi connectivity index (χ0n) is 13.5. The van der Waals surface area contributed by atoms with Gasteiger partial charge in [0.25, 0.3) is 0 Å². The summed E-state index contributed by atoms with van der Waals surface area (Å²) in [7, 11) is 1.67. The van der Waals surface area contributed by atoms with E-state index in [0.717, 1.165) is 28.5 Å². The van der Waals surface area contributed by atoms with E-state index in [-0.39, 0.29) is 5.91 Å². The Hall–Kier alpha value is -1.79. The van der Waals surface area contributed by atoms with Gasteiger partial charge in [-0.1, -0.05) is 29.5 Å². The lowest BCUT2D eigenvalue weighted by molar-refractivity contribution is -0.128. The molecule has 1 saturated heterocycles. The zero-order chi connectivity index (χ0) is 16.2. The van der Waals surface area contributed by atoms with Crippen molar-refractivity contribution in [2.75, 3.05) is 26.8 Å². The van der Waals surface area contributed by atoms with Crippen LogP contribution in [0.5, 0.6) is 0 Å². The van der Waals surface area contributed by atoms with Gasteiger partial charge in [-0.3, -0.25) is 4.79 Å². The fourth-order valence-corrected chi connectivity index (χ4v) is 3.67. The Kier molecular flexibility index (Phi) is 5.03. The second kappa shape index (κ2) is 7.19. The fourth-order valence-electron chi connectivity index (χ4n) is 2.99. The number of nitrogens with zero attached hydrogens (tertiary/aromatic N) is 3. The van der Waals surface area contributed by atoms with E-state index < -0.39 is 0 Å². The number of carbonyl (C=O) groups excluding carboxylic acids is 1. The standard InChI is InChI=1S/C17H21N3O2S/c1-12-18-19-17(23-12)15-5-3-4-13(9-15)8-14-10-16(21)20(11-14)6-7-22-2/h3-5,9,14H,6-8,10-11H2,1-2H3. The Morgan fingerprint density at radius 3 is 3.00 bits per heavy atom. The Labute approximate surface area is 140 Å². The molecule has 3 rings (SSSR count). The van der Waals surface area contributed by atoms with Crippen molar-refractivity contribution in [3.63, 3.8) is 0 Å². The molecule has 0 bridgehead atoms. The van der Waals surface area contributed by atoms with E-state index in [4.69, 9.17) is 4.74 Å². The van der Waals surface area contributed by atoms with Crippen LogP contribution in [0, 0.1) is 12.8 Å². The van der Waals surface area contributed by atoms with E-state index in [1.807, 2.05) is 11.8 Å². The topological polar surface area (TPSA) is 55.3 Å². The molecule has 2 aromatic rings. The Morgan fingerprint density at radius 2 is 2.26 bits per heavy atom. The smallest absolute Gasteiger partial charge is 0.223 e. The number of amides is 1. The molecule has 2 heterocycles. The predicted octanol–water partition coefficient (Wildman–Crippen LogP) is 2.55. The average Bonchev–Trinajstić information content (AvgIpc) is 3.11. The minimum atomic E-state index is 0.239. The van der Waals surface area contributed by atoms with Crippen LogP contribution in [0.2, 0.25) is 0 Å². The molecule has 0 saturated carbocycles. The monoisotopic (exact) mass is 331 g/mol. The van der Waals surface area contributed by atoms with Crippen molar-refractivity contribution in [3.8, 4) is 10.6 Å². The van der Waals surface area contributed by atoms with E-state index in [9.17, 15) is 4.79 Å². The lowest BCUT2D eigenvalue weighted by Crippen LogP contribution is -2.28. The summed E-state index contributed by atoms with van der Waals surface area (Å²) in [5, 5.41) is 10.2. The van der Waals surface area contributed by atoms with Gasteiger partial charge < -0.3 is 9.64 Å². The molecule has 1 aliphatic heterocycles. The van der Waals surface area contributed by atoms with E-state index >= 15 is 0 Å². The van der Waals surface area contributed by atoms with Gasteiger partial charge in [0.05, 0.1) is 6.61 Å². The van der Waals surface area contributed by atoms with Crippen molar-refractivity contribution in [3.05, 3.63) is 34.8 Å². The van der Waals surface area contributed by atoms with E-state index in [1.165, 1.54) is 5.56 Å². The molecular formula is C17H21N3O2S. The van der Waals surface area contributed by atoms with Crippen molar-refractivity contribution in [1.82, 2.24) is 15.1 Å². The third-order valence-electron chi connectivity index (χ3n) is 4.08. The van der Waals surface area contributed by atoms with Crippen molar-refractivity contribution in [2.45, 2.75) is 19.8 Å². The van der Waals surface area contributed by atoms with Crippen LogP contribution < -0.4 is 0 Å². The van der Waals surface area contributed by atoms with E-state index in [1.54, 1.807) is 18.4 Å². The van der Waals surface area contributed by atoms with Crippen LogP contribution in [-0.4, -0.2) is 47.8 Å². The van der Waals surface area contributed by atoms with E-state index in [2.05, 4.69) is 34.5 Å².